The molecule has 0 fully saturated rings. The van der Waals surface area contributed by atoms with Gasteiger partial charge in [0.25, 0.3) is 5.91 Å². The summed E-state index contributed by atoms with van der Waals surface area (Å²) >= 11 is 0. The van der Waals surface area contributed by atoms with E-state index in [0.717, 1.165) is 24.3 Å². The quantitative estimate of drug-likeness (QED) is 0.448. The Morgan fingerprint density at radius 2 is 1.59 bits per heavy atom. The van der Waals surface area contributed by atoms with Gasteiger partial charge in [-0.25, -0.2) is 22.4 Å². The number of hydrogen-bond donors (Lipinski definition) is 2. The highest BCUT2D eigenvalue weighted by atomic mass is 19.3. The molecule has 2 aromatic rings. The van der Waals surface area contributed by atoms with Gasteiger partial charge in [0, 0.05) is 18.1 Å². The lowest BCUT2D eigenvalue weighted by molar-refractivity contribution is -0.158. The molecule has 0 aromatic heterocycles. The normalized spacial score (nSPS) is 14.0. The van der Waals surface area contributed by atoms with Crippen LogP contribution >= 0.6 is 0 Å². The number of halogens is 6. The number of hydrogen-bond acceptors (Lipinski definition) is 3. The van der Waals surface area contributed by atoms with E-state index in [-0.39, 0.29) is 24.0 Å². The van der Waals surface area contributed by atoms with Crippen LogP contribution in [0, 0.1) is 23.3 Å². The number of alkyl halides is 2. The summed E-state index contributed by atoms with van der Waals surface area (Å²) in [7, 11) is 0. The van der Waals surface area contributed by atoms with Crippen LogP contribution in [0.5, 0.6) is 5.75 Å². The topological polar surface area (TPSA) is 75.6 Å². The number of ether oxygens (including phenoxy) is 1. The fourth-order valence-corrected chi connectivity index (χ4v) is 3.34. The van der Waals surface area contributed by atoms with Crippen LogP contribution in [0.3, 0.4) is 0 Å². The highest BCUT2D eigenvalue weighted by Crippen LogP contribution is 2.37. The molecule has 1 aliphatic rings. The Bertz CT molecular complexity index is 1110. The SMILES string of the molecule is CC(F)(F)Oc1cccc(-c2c(F)c(F)c(NC(=O)C3=C(C(=O)O)CCC3)c(F)c2F)c1. The standard InChI is InChI=1S/C21H15F6NO4/c1-21(26,27)32-10-5-2-4-9(8-10)13-14(22)16(24)18(17(25)15(13)23)28-19(29)11-6-3-7-12(11)20(30)31/h2,4-5,8H,3,6-7H2,1H3,(H,28,29)(H,30,31). The van der Waals surface area contributed by atoms with E-state index in [9.17, 15) is 35.9 Å². The molecule has 0 unspecified atom stereocenters. The summed E-state index contributed by atoms with van der Waals surface area (Å²) in [5.41, 5.74) is -3.65. The number of carboxylic acid groups (broad SMARTS) is 1. The van der Waals surface area contributed by atoms with Crippen LogP contribution in [0.2, 0.25) is 0 Å². The van der Waals surface area contributed by atoms with E-state index in [1.807, 2.05) is 0 Å². The van der Waals surface area contributed by atoms with Crippen molar-refractivity contribution in [1.29, 1.82) is 0 Å². The zero-order valence-corrected chi connectivity index (χ0v) is 16.4. The first-order valence-electron chi connectivity index (χ1n) is 9.20. The van der Waals surface area contributed by atoms with E-state index in [0.29, 0.717) is 13.3 Å². The number of anilines is 1. The monoisotopic (exact) mass is 459 g/mol. The molecule has 5 nitrogen and oxygen atoms in total. The van der Waals surface area contributed by atoms with Crippen LogP contribution in [0.1, 0.15) is 26.2 Å². The fourth-order valence-electron chi connectivity index (χ4n) is 3.34. The van der Waals surface area contributed by atoms with Crippen LogP contribution in [0.25, 0.3) is 11.1 Å². The van der Waals surface area contributed by atoms with Crippen LogP contribution < -0.4 is 10.1 Å². The first-order valence-corrected chi connectivity index (χ1v) is 9.20. The second-order valence-electron chi connectivity index (χ2n) is 7.01. The van der Waals surface area contributed by atoms with Crippen molar-refractivity contribution in [2.24, 2.45) is 0 Å². The molecule has 170 valence electrons. The summed E-state index contributed by atoms with van der Waals surface area (Å²) in [6, 6.07) is 3.91. The van der Waals surface area contributed by atoms with E-state index in [4.69, 9.17) is 5.11 Å². The van der Waals surface area contributed by atoms with Gasteiger partial charge in [0.1, 0.15) is 11.4 Å². The smallest absolute Gasteiger partial charge is 0.394 e. The van der Waals surface area contributed by atoms with Crippen molar-refractivity contribution < 1.29 is 45.8 Å². The first kappa shape index (κ1) is 23.2. The Labute approximate surface area is 177 Å². The average molecular weight is 459 g/mol. The molecule has 0 atom stereocenters. The van der Waals surface area contributed by atoms with E-state index in [1.54, 1.807) is 5.32 Å². The van der Waals surface area contributed by atoms with Crippen molar-refractivity contribution in [2.45, 2.75) is 32.3 Å². The minimum atomic E-state index is -3.62. The number of benzene rings is 2. The van der Waals surface area contributed by atoms with Crippen LogP contribution in [-0.4, -0.2) is 23.1 Å². The van der Waals surface area contributed by atoms with E-state index in [1.165, 1.54) is 0 Å². The Morgan fingerprint density at radius 3 is 2.16 bits per heavy atom. The summed E-state index contributed by atoms with van der Waals surface area (Å²) in [6.45, 7) is 0.424. The molecular weight excluding hydrogens is 444 g/mol. The predicted octanol–water partition coefficient (Wildman–Crippen LogP) is 5.41. The van der Waals surface area contributed by atoms with Crippen LogP contribution in [0.4, 0.5) is 32.0 Å². The molecular formula is C21H15F6NO4. The zero-order valence-electron chi connectivity index (χ0n) is 16.4. The van der Waals surface area contributed by atoms with Gasteiger partial charge in [0.05, 0.1) is 5.56 Å². The molecule has 11 heteroatoms. The van der Waals surface area contributed by atoms with Crippen LogP contribution in [0.15, 0.2) is 35.4 Å². The summed E-state index contributed by atoms with van der Waals surface area (Å²) in [4.78, 5) is 23.5. The molecule has 0 bridgehead atoms. The predicted molar refractivity (Wildman–Crippen MR) is 100 cm³/mol. The van der Waals surface area contributed by atoms with Gasteiger partial charge >= 0.3 is 12.1 Å². The number of amides is 1. The number of rotatable bonds is 6. The van der Waals surface area contributed by atoms with Gasteiger partial charge in [-0.05, 0) is 37.0 Å². The number of carbonyl (C=O) groups excluding carboxylic acids is 1. The number of carbonyl (C=O) groups is 2. The molecule has 3 rings (SSSR count). The molecule has 2 aromatic carbocycles. The highest BCUT2D eigenvalue weighted by molar-refractivity contribution is 6.09. The minimum absolute atomic E-state index is 0.00854. The third-order valence-electron chi connectivity index (χ3n) is 4.67. The first-order chi connectivity index (χ1) is 14.9. The molecule has 0 heterocycles. The Balaban J connectivity index is 2.03. The van der Waals surface area contributed by atoms with Gasteiger partial charge in [-0.3, -0.25) is 4.79 Å². The maximum atomic E-state index is 14.7. The number of nitrogens with one attached hydrogen (secondary N) is 1. The lowest BCUT2D eigenvalue weighted by atomic mass is 10.0. The van der Waals surface area contributed by atoms with Crippen molar-refractivity contribution in [3.05, 3.63) is 58.7 Å². The summed E-state index contributed by atoms with van der Waals surface area (Å²) in [5.74, 6) is -10.8. The van der Waals surface area contributed by atoms with E-state index in [2.05, 4.69) is 4.74 Å². The molecule has 0 saturated heterocycles. The van der Waals surface area contributed by atoms with Gasteiger partial charge in [0.15, 0.2) is 23.3 Å². The average Bonchev–Trinajstić information content (AvgIpc) is 3.19. The fraction of sp³-hybridized carbons (Fsp3) is 0.238. The second kappa shape index (κ2) is 8.56. The molecule has 0 radical (unpaired) electrons. The third kappa shape index (κ3) is 4.56. The molecule has 1 aliphatic carbocycles. The van der Waals surface area contributed by atoms with Gasteiger partial charge in [-0.1, -0.05) is 12.1 Å². The van der Waals surface area contributed by atoms with Crippen molar-refractivity contribution in [2.75, 3.05) is 5.32 Å². The molecule has 32 heavy (non-hydrogen) atoms. The Morgan fingerprint density at radius 1 is 1.00 bits per heavy atom. The van der Waals surface area contributed by atoms with Crippen LogP contribution in [-0.2, 0) is 9.59 Å². The summed E-state index contributed by atoms with van der Waals surface area (Å²) in [5, 5.41) is 10.8. The lowest BCUT2D eigenvalue weighted by Crippen LogP contribution is -2.20. The molecule has 2 N–H and O–H groups in total. The zero-order chi connectivity index (χ0) is 23.8. The van der Waals surface area contributed by atoms with Crippen molar-refractivity contribution in [1.82, 2.24) is 0 Å². The van der Waals surface area contributed by atoms with Gasteiger partial charge in [-0.2, -0.15) is 8.78 Å². The Hall–Kier alpha value is -3.50. The van der Waals surface area contributed by atoms with E-state index < -0.39 is 63.8 Å². The Kier molecular flexibility index (Phi) is 6.20. The molecule has 0 saturated carbocycles. The minimum Gasteiger partial charge on any atom is -0.478 e. The van der Waals surface area contributed by atoms with Gasteiger partial charge < -0.3 is 15.2 Å². The molecule has 0 spiro atoms. The van der Waals surface area contributed by atoms with Crippen molar-refractivity contribution in [3.8, 4) is 16.9 Å². The second-order valence-corrected chi connectivity index (χ2v) is 7.01. The maximum absolute atomic E-state index is 14.7. The largest absolute Gasteiger partial charge is 0.478 e. The molecule has 1 amide bonds. The maximum Gasteiger partial charge on any atom is 0.394 e. The van der Waals surface area contributed by atoms with Crippen molar-refractivity contribution in [3.63, 3.8) is 0 Å². The number of carboxylic acids is 1. The lowest BCUT2D eigenvalue weighted by Gasteiger charge is -2.16. The number of aliphatic carboxylic acids is 1. The molecule has 0 aliphatic heterocycles. The highest BCUT2D eigenvalue weighted by Gasteiger charge is 2.31. The summed E-state index contributed by atoms with van der Waals surface area (Å²) < 4.78 is 88.9. The van der Waals surface area contributed by atoms with Gasteiger partial charge in [-0.15, -0.1) is 0 Å². The van der Waals surface area contributed by atoms with Crippen molar-refractivity contribution >= 4 is 17.6 Å². The van der Waals surface area contributed by atoms with Gasteiger partial charge in [0.2, 0.25) is 0 Å². The van der Waals surface area contributed by atoms with E-state index >= 15 is 0 Å². The third-order valence-corrected chi connectivity index (χ3v) is 4.67. The summed E-state index contributed by atoms with van der Waals surface area (Å²) in [6.07, 6.45) is -3.25.